The molecule has 3 rings (SSSR count). The number of carbonyl (C=O) groups is 2. The van der Waals surface area contributed by atoms with Crippen LogP contribution >= 0.6 is 23.2 Å². The van der Waals surface area contributed by atoms with Gasteiger partial charge in [0.2, 0.25) is 0 Å². The third-order valence-electron chi connectivity index (χ3n) is 4.67. The van der Waals surface area contributed by atoms with Crippen molar-refractivity contribution in [1.82, 2.24) is 0 Å². The van der Waals surface area contributed by atoms with E-state index in [4.69, 9.17) is 27.9 Å². The number of halogens is 2. The lowest BCUT2D eigenvalue weighted by molar-refractivity contribution is -0.122. The maximum absolute atomic E-state index is 12.9. The zero-order valence-electron chi connectivity index (χ0n) is 14.9. The Bertz CT molecular complexity index is 784. The number of benzene rings is 2. The Balaban J connectivity index is 1.71. The standard InChI is InChI=1S/C21H21Cl2NO3/c22-16-11-15(12-17(23)13-16)21(26)27-14-20(25)24(18-7-3-1-4-8-18)19-9-5-2-6-10-19/h1,3-4,7-8,11-13,19H,2,5-6,9-10,14H2. The SMILES string of the molecule is O=C(OCC(=O)N(c1ccccc1)C1CCCCC1)c1cc(Cl)cc(Cl)c1. The Hall–Kier alpha value is -2.04. The minimum absolute atomic E-state index is 0.132. The zero-order chi connectivity index (χ0) is 19.2. The van der Waals surface area contributed by atoms with E-state index in [1.54, 1.807) is 4.90 Å². The summed E-state index contributed by atoms with van der Waals surface area (Å²) in [4.78, 5) is 27.0. The predicted molar refractivity (Wildman–Crippen MR) is 108 cm³/mol. The molecule has 2 aromatic rings. The molecule has 0 spiro atoms. The predicted octanol–water partition coefficient (Wildman–Crippen LogP) is 5.52. The van der Waals surface area contributed by atoms with Crippen LogP contribution < -0.4 is 4.90 Å². The molecule has 0 aromatic heterocycles. The van der Waals surface area contributed by atoms with E-state index in [1.807, 2.05) is 30.3 Å². The zero-order valence-corrected chi connectivity index (χ0v) is 16.4. The number of rotatable bonds is 5. The summed E-state index contributed by atoms with van der Waals surface area (Å²) in [6.07, 6.45) is 5.30. The lowest BCUT2D eigenvalue weighted by Gasteiger charge is -2.34. The summed E-state index contributed by atoms with van der Waals surface area (Å²) in [5, 5.41) is 0.683. The summed E-state index contributed by atoms with van der Waals surface area (Å²) in [6.45, 7) is -0.325. The lowest BCUT2D eigenvalue weighted by Crippen LogP contribution is -2.43. The quantitative estimate of drug-likeness (QED) is 0.615. The van der Waals surface area contributed by atoms with Crippen LogP contribution in [0, 0.1) is 0 Å². The van der Waals surface area contributed by atoms with Gasteiger partial charge in [0.15, 0.2) is 6.61 Å². The molecule has 0 aliphatic heterocycles. The minimum atomic E-state index is -0.621. The van der Waals surface area contributed by atoms with E-state index in [9.17, 15) is 9.59 Å². The van der Waals surface area contributed by atoms with Crippen molar-refractivity contribution in [3.05, 3.63) is 64.1 Å². The molecule has 1 saturated carbocycles. The molecule has 0 unspecified atom stereocenters. The maximum Gasteiger partial charge on any atom is 0.338 e. The number of esters is 1. The van der Waals surface area contributed by atoms with Gasteiger partial charge in [-0.25, -0.2) is 4.79 Å². The van der Waals surface area contributed by atoms with Crippen molar-refractivity contribution >= 4 is 40.8 Å². The molecule has 1 amide bonds. The number of para-hydroxylation sites is 1. The van der Waals surface area contributed by atoms with E-state index in [0.29, 0.717) is 10.0 Å². The van der Waals surface area contributed by atoms with Gasteiger partial charge >= 0.3 is 5.97 Å². The van der Waals surface area contributed by atoms with Crippen LogP contribution in [0.2, 0.25) is 10.0 Å². The first-order valence-electron chi connectivity index (χ1n) is 9.05. The molecule has 0 atom stereocenters. The van der Waals surface area contributed by atoms with Crippen molar-refractivity contribution in [1.29, 1.82) is 0 Å². The van der Waals surface area contributed by atoms with Gasteiger partial charge in [-0.3, -0.25) is 4.79 Å². The van der Waals surface area contributed by atoms with E-state index in [2.05, 4.69) is 0 Å². The molecule has 0 radical (unpaired) electrons. The highest BCUT2D eigenvalue weighted by atomic mass is 35.5. The highest BCUT2D eigenvalue weighted by Gasteiger charge is 2.27. The second kappa shape index (κ2) is 9.25. The van der Waals surface area contributed by atoms with Gasteiger partial charge in [0, 0.05) is 21.8 Å². The minimum Gasteiger partial charge on any atom is -0.452 e. The first-order valence-corrected chi connectivity index (χ1v) is 9.80. The second-order valence-corrected chi connectivity index (χ2v) is 7.50. The van der Waals surface area contributed by atoms with Crippen LogP contribution in [0.3, 0.4) is 0 Å². The van der Waals surface area contributed by atoms with Gasteiger partial charge in [-0.2, -0.15) is 0 Å². The van der Waals surface area contributed by atoms with E-state index >= 15 is 0 Å². The highest BCUT2D eigenvalue weighted by Crippen LogP contribution is 2.27. The highest BCUT2D eigenvalue weighted by molar-refractivity contribution is 6.35. The topological polar surface area (TPSA) is 46.6 Å². The molecule has 0 saturated heterocycles. The van der Waals surface area contributed by atoms with E-state index < -0.39 is 5.97 Å². The van der Waals surface area contributed by atoms with Gasteiger partial charge in [0.1, 0.15) is 0 Å². The largest absolute Gasteiger partial charge is 0.452 e. The summed E-state index contributed by atoms with van der Waals surface area (Å²) >= 11 is 11.8. The van der Waals surface area contributed by atoms with Gasteiger partial charge in [0.25, 0.3) is 5.91 Å². The molecular formula is C21H21Cl2NO3. The summed E-state index contributed by atoms with van der Waals surface area (Å²) in [6, 6.07) is 14.1. The van der Waals surface area contributed by atoms with E-state index in [-0.39, 0.29) is 24.1 Å². The molecule has 1 aliphatic rings. The molecule has 0 N–H and O–H groups in total. The van der Waals surface area contributed by atoms with Crippen LogP contribution in [0.4, 0.5) is 5.69 Å². The second-order valence-electron chi connectivity index (χ2n) is 6.63. The van der Waals surface area contributed by atoms with Crippen LogP contribution in [0.1, 0.15) is 42.5 Å². The lowest BCUT2D eigenvalue weighted by atomic mass is 9.93. The van der Waals surface area contributed by atoms with Crippen molar-refractivity contribution in [2.24, 2.45) is 0 Å². The monoisotopic (exact) mass is 405 g/mol. The summed E-state index contributed by atoms with van der Waals surface area (Å²) in [5.74, 6) is -0.848. The Kier molecular flexibility index (Phi) is 6.75. The Morgan fingerprint density at radius 3 is 2.22 bits per heavy atom. The number of hydrogen-bond donors (Lipinski definition) is 0. The van der Waals surface area contributed by atoms with E-state index in [1.165, 1.54) is 24.6 Å². The van der Waals surface area contributed by atoms with E-state index in [0.717, 1.165) is 31.4 Å². The summed E-state index contributed by atoms with van der Waals surface area (Å²) in [7, 11) is 0. The van der Waals surface area contributed by atoms with Crippen LogP contribution in [0.15, 0.2) is 48.5 Å². The van der Waals surface area contributed by atoms with Gasteiger partial charge < -0.3 is 9.64 Å². The molecule has 0 heterocycles. The molecule has 6 heteroatoms. The molecule has 1 aliphatic carbocycles. The van der Waals surface area contributed by atoms with Crippen LogP contribution in [-0.4, -0.2) is 24.5 Å². The van der Waals surface area contributed by atoms with Gasteiger partial charge in [0.05, 0.1) is 5.56 Å². The Morgan fingerprint density at radius 1 is 0.963 bits per heavy atom. The first-order chi connectivity index (χ1) is 13.0. The third kappa shape index (κ3) is 5.24. The van der Waals surface area contributed by atoms with Crippen molar-refractivity contribution in [2.75, 3.05) is 11.5 Å². The molecule has 2 aromatic carbocycles. The Morgan fingerprint density at radius 2 is 1.59 bits per heavy atom. The number of carbonyl (C=O) groups excluding carboxylic acids is 2. The fourth-order valence-electron chi connectivity index (χ4n) is 3.44. The van der Waals surface area contributed by atoms with Crippen molar-refractivity contribution < 1.29 is 14.3 Å². The molecule has 4 nitrogen and oxygen atoms in total. The number of amides is 1. The number of hydrogen-bond acceptors (Lipinski definition) is 3. The van der Waals surface area contributed by atoms with Gasteiger partial charge in [-0.15, -0.1) is 0 Å². The average Bonchev–Trinajstić information content (AvgIpc) is 2.67. The van der Waals surface area contributed by atoms with Crippen molar-refractivity contribution in [3.63, 3.8) is 0 Å². The van der Waals surface area contributed by atoms with Crippen LogP contribution in [0.25, 0.3) is 0 Å². The molecule has 1 fully saturated rings. The third-order valence-corrected chi connectivity index (χ3v) is 5.10. The van der Waals surface area contributed by atoms with Gasteiger partial charge in [-0.05, 0) is 43.2 Å². The normalized spacial score (nSPS) is 14.6. The first kappa shape index (κ1) is 19.7. The number of anilines is 1. The molecule has 142 valence electrons. The molecule has 27 heavy (non-hydrogen) atoms. The Labute approximate surface area is 169 Å². The van der Waals surface area contributed by atoms with Gasteiger partial charge in [-0.1, -0.05) is 60.7 Å². The van der Waals surface area contributed by atoms with Crippen LogP contribution in [0.5, 0.6) is 0 Å². The molecule has 0 bridgehead atoms. The fourth-order valence-corrected chi connectivity index (χ4v) is 3.96. The molecular weight excluding hydrogens is 385 g/mol. The number of nitrogens with zero attached hydrogens (tertiary/aromatic N) is 1. The van der Waals surface area contributed by atoms with Crippen molar-refractivity contribution in [2.45, 2.75) is 38.1 Å². The van der Waals surface area contributed by atoms with Crippen molar-refractivity contribution in [3.8, 4) is 0 Å². The smallest absolute Gasteiger partial charge is 0.338 e. The average molecular weight is 406 g/mol. The number of ether oxygens (including phenoxy) is 1. The maximum atomic E-state index is 12.9. The van der Waals surface area contributed by atoms with Crippen LogP contribution in [-0.2, 0) is 9.53 Å². The summed E-state index contributed by atoms with van der Waals surface area (Å²) < 4.78 is 5.25. The fraction of sp³-hybridized carbons (Fsp3) is 0.333. The summed E-state index contributed by atoms with van der Waals surface area (Å²) in [5.41, 5.74) is 1.06.